The second-order valence-electron chi connectivity index (χ2n) is 3.62. The Morgan fingerprint density at radius 1 is 1.79 bits per heavy atom. The summed E-state index contributed by atoms with van der Waals surface area (Å²) in [6.07, 6.45) is 3.33. The molecule has 0 saturated carbocycles. The van der Waals surface area contributed by atoms with Gasteiger partial charge in [-0.2, -0.15) is 0 Å². The summed E-state index contributed by atoms with van der Waals surface area (Å²) in [5.74, 6) is 0. The Hall–Kier alpha value is -0.940. The van der Waals surface area contributed by atoms with Gasteiger partial charge in [0, 0.05) is 12.6 Å². The normalized spacial score (nSPS) is 24.0. The summed E-state index contributed by atoms with van der Waals surface area (Å²) in [4.78, 5) is 0. The number of rotatable bonds is 3. The fraction of sp³-hybridized carbons (Fsp3) is 0.778. The topological polar surface area (TPSA) is 63.0 Å². The molecule has 2 rings (SSSR count). The lowest BCUT2D eigenvalue weighted by Crippen LogP contribution is -2.30. The van der Waals surface area contributed by atoms with Crippen molar-refractivity contribution in [2.24, 2.45) is 0 Å². The Labute approximate surface area is 83.1 Å². The molecule has 2 heterocycles. The smallest absolute Gasteiger partial charge is 0.112 e. The molecule has 0 spiro atoms. The highest BCUT2D eigenvalue weighted by Crippen LogP contribution is 2.21. The van der Waals surface area contributed by atoms with Crippen LogP contribution in [0.2, 0.25) is 0 Å². The van der Waals surface area contributed by atoms with Crippen LogP contribution in [0.3, 0.4) is 0 Å². The van der Waals surface area contributed by atoms with Gasteiger partial charge in [-0.05, 0) is 26.3 Å². The van der Waals surface area contributed by atoms with Crippen molar-refractivity contribution in [2.75, 3.05) is 6.54 Å². The summed E-state index contributed by atoms with van der Waals surface area (Å²) in [7, 11) is 0. The van der Waals surface area contributed by atoms with Crippen molar-refractivity contribution in [3.63, 3.8) is 0 Å². The van der Waals surface area contributed by atoms with Crippen molar-refractivity contribution in [1.29, 1.82) is 0 Å². The number of nitrogens with zero attached hydrogens (tertiary/aromatic N) is 3. The number of aromatic nitrogens is 3. The van der Waals surface area contributed by atoms with Gasteiger partial charge in [0.05, 0.1) is 11.9 Å². The monoisotopic (exact) mass is 196 g/mol. The maximum atomic E-state index is 10.1. The van der Waals surface area contributed by atoms with E-state index in [9.17, 15) is 5.11 Å². The highest BCUT2D eigenvalue weighted by atomic mass is 16.3. The van der Waals surface area contributed by atoms with Crippen molar-refractivity contribution < 1.29 is 5.11 Å². The number of aliphatic hydroxyl groups excluding tert-OH is 1. The van der Waals surface area contributed by atoms with Crippen LogP contribution in [0.25, 0.3) is 0 Å². The lowest BCUT2D eigenvalue weighted by atomic mass is 10.1. The lowest BCUT2D eigenvalue weighted by Gasteiger charge is -2.18. The molecule has 5 nitrogen and oxygen atoms in total. The number of aryl methyl sites for hydroxylation is 1. The van der Waals surface area contributed by atoms with Gasteiger partial charge in [0.2, 0.25) is 0 Å². The van der Waals surface area contributed by atoms with Crippen LogP contribution < -0.4 is 5.32 Å². The third-order valence-electron chi connectivity index (χ3n) is 2.73. The SMILES string of the molecule is CCn1nncc1C(O)C1CCCN1. The molecule has 0 aromatic carbocycles. The van der Waals surface area contributed by atoms with Crippen molar-refractivity contribution in [3.05, 3.63) is 11.9 Å². The molecule has 2 atom stereocenters. The van der Waals surface area contributed by atoms with E-state index in [1.165, 1.54) is 0 Å². The molecule has 2 unspecified atom stereocenters. The first-order chi connectivity index (χ1) is 6.83. The third-order valence-corrected chi connectivity index (χ3v) is 2.73. The molecule has 5 heteroatoms. The van der Waals surface area contributed by atoms with Gasteiger partial charge in [-0.3, -0.25) is 0 Å². The van der Waals surface area contributed by atoms with Crippen molar-refractivity contribution >= 4 is 0 Å². The average molecular weight is 196 g/mol. The Morgan fingerprint density at radius 3 is 3.29 bits per heavy atom. The predicted octanol–water partition coefficient (Wildman–Crippen LogP) is 0.0834. The first-order valence-electron chi connectivity index (χ1n) is 5.12. The van der Waals surface area contributed by atoms with E-state index in [2.05, 4.69) is 15.6 Å². The maximum absolute atomic E-state index is 10.1. The number of hydrogen-bond acceptors (Lipinski definition) is 4. The van der Waals surface area contributed by atoms with E-state index in [0.717, 1.165) is 31.6 Å². The van der Waals surface area contributed by atoms with Gasteiger partial charge in [-0.15, -0.1) is 5.10 Å². The van der Waals surface area contributed by atoms with Crippen molar-refractivity contribution in [2.45, 2.75) is 38.5 Å². The standard InChI is InChI=1S/C9H16N4O/c1-2-13-8(6-11-12-13)9(14)7-4-3-5-10-7/h6-7,9-10,14H,2-5H2,1H3. The largest absolute Gasteiger partial charge is 0.385 e. The van der Waals surface area contributed by atoms with Gasteiger partial charge in [0.1, 0.15) is 6.10 Å². The van der Waals surface area contributed by atoms with Crippen LogP contribution in [0.4, 0.5) is 0 Å². The Balaban J connectivity index is 2.12. The van der Waals surface area contributed by atoms with Crippen LogP contribution in [-0.2, 0) is 6.54 Å². The van der Waals surface area contributed by atoms with Gasteiger partial charge in [0.15, 0.2) is 0 Å². The minimum atomic E-state index is -0.479. The summed E-state index contributed by atoms with van der Waals surface area (Å²) in [5.41, 5.74) is 0.812. The van der Waals surface area contributed by atoms with Crippen LogP contribution in [0, 0.1) is 0 Å². The fourth-order valence-corrected chi connectivity index (χ4v) is 1.93. The van der Waals surface area contributed by atoms with Crippen LogP contribution in [0.15, 0.2) is 6.20 Å². The molecule has 1 aromatic rings. The molecule has 0 radical (unpaired) electrons. The van der Waals surface area contributed by atoms with Gasteiger partial charge in [-0.1, -0.05) is 5.21 Å². The van der Waals surface area contributed by atoms with Gasteiger partial charge >= 0.3 is 0 Å². The molecule has 0 bridgehead atoms. The molecular formula is C9H16N4O. The van der Waals surface area contributed by atoms with Crippen molar-refractivity contribution in [1.82, 2.24) is 20.3 Å². The maximum Gasteiger partial charge on any atom is 0.112 e. The zero-order chi connectivity index (χ0) is 9.97. The highest BCUT2D eigenvalue weighted by Gasteiger charge is 2.26. The molecule has 1 aliphatic heterocycles. The summed E-state index contributed by atoms with van der Waals surface area (Å²) in [6.45, 7) is 3.74. The highest BCUT2D eigenvalue weighted by molar-refractivity contribution is 5.04. The van der Waals surface area contributed by atoms with E-state index in [-0.39, 0.29) is 6.04 Å². The van der Waals surface area contributed by atoms with Gasteiger partial charge in [0.25, 0.3) is 0 Å². The molecule has 78 valence electrons. The first-order valence-corrected chi connectivity index (χ1v) is 5.12. The van der Waals surface area contributed by atoms with Crippen molar-refractivity contribution in [3.8, 4) is 0 Å². The van der Waals surface area contributed by atoms with E-state index in [1.54, 1.807) is 10.9 Å². The Bertz CT molecular complexity index is 293. The number of hydrogen-bond donors (Lipinski definition) is 2. The molecule has 1 aromatic heterocycles. The summed E-state index contributed by atoms with van der Waals surface area (Å²) in [6, 6.07) is 0.166. The van der Waals surface area contributed by atoms with Crippen LogP contribution >= 0.6 is 0 Å². The molecule has 0 amide bonds. The molecule has 0 aliphatic carbocycles. The predicted molar refractivity (Wildman–Crippen MR) is 51.7 cm³/mol. The molecule has 1 aliphatic rings. The Kier molecular flexibility index (Phi) is 2.79. The first kappa shape index (κ1) is 9.61. The van der Waals surface area contributed by atoms with Crippen LogP contribution in [-0.4, -0.2) is 32.7 Å². The number of aliphatic hydroxyl groups is 1. The second-order valence-corrected chi connectivity index (χ2v) is 3.62. The van der Waals surface area contributed by atoms with Crippen LogP contribution in [0.1, 0.15) is 31.6 Å². The quantitative estimate of drug-likeness (QED) is 0.719. The minimum Gasteiger partial charge on any atom is -0.385 e. The summed E-state index contributed by atoms with van der Waals surface area (Å²) < 4.78 is 1.74. The minimum absolute atomic E-state index is 0.166. The zero-order valence-electron chi connectivity index (χ0n) is 8.35. The molecule has 1 saturated heterocycles. The second kappa shape index (κ2) is 4.06. The summed E-state index contributed by atoms with van der Waals surface area (Å²) in [5, 5.41) is 21.1. The molecule has 14 heavy (non-hydrogen) atoms. The summed E-state index contributed by atoms with van der Waals surface area (Å²) >= 11 is 0. The van der Waals surface area contributed by atoms with E-state index < -0.39 is 6.10 Å². The molecular weight excluding hydrogens is 180 g/mol. The third kappa shape index (κ3) is 1.65. The van der Waals surface area contributed by atoms with E-state index in [4.69, 9.17) is 0 Å². The lowest BCUT2D eigenvalue weighted by molar-refractivity contribution is 0.127. The van der Waals surface area contributed by atoms with Crippen LogP contribution in [0.5, 0.6) is 0 Å². The van der Waals surface area contributed by atoms with Gasteiger partial charge < -0.3 is 10.4 Å². The molecule has 1 fully saturated rings. The van der Waals surface area contributed by atoms with E-state index in [1.807, 2.05) is 6.92 Å². The zero-order valence-corrected chi connectivity index (χ0v) is 8.35. The molecule has 2 N–H and O–H groups in total. The van der Waals surface area contributed by atoms with E-state index >= 15 is 0 Å². The van der Waals surface area contributed by atoms with E-state index in [0.29, 0.717) is 0 Å². The Morgan fingerprint density at radius 2 is 2.64 bits per heavy atom. The number of nitrogens with one attached hydrogen (secondary N) is 1. The average Bonchev–Trinajstić information content (AvgIpc) is 2.87. The fourth-order valence-electron chi connectivity index (χ4n) is 1.93. The van der Waals surface area contributed by atoms with Gasteiger partial charge in [-0.25, -0.2) is 4.68 Å².